The van der Waals surface area contributed by atoms with Crippen molar-refractivity contribution in [2.45, 2.75) is 13.8 Å². The van der Waals surface area contributed by atoms with Crippen LogP contribution in [0.5, 0.6) is 11.5 Å². The molecule has 6 nitrogen and oxygen atoms in total. The minimum atomic E-state index is -0.465. The molecular weight excluding hydrogens is 274 g/mol. The average molecular weight is 291 g/mol. The summed E-state index contributed by atoms with van der Waals surface area (Å²) in [5, 5.41) is 3.95. The number of aryl methyl sites for hydroxylation is 1. The molecule has 0 aliphatic rings. The van der Waals surface area contributed by atoms with E-state index in [1.807, 2.05) is 0 Å². The third kappa shape index (κ3) is 2.99. The number of esters is 1. The molecule has 0 unspecified atom stereocenters. The van der Waals surface area contributed by atoms with Gasteiger partial charge in [-0.1, -0.05) is 5.16 Å². The summed E-state index contributed by atoms with van der Waals surface area (Å²) in [5.74, 6) is 1.14. The highest BCUT2D eigenvalue weighted by Crippen LogP contribution is 2.32. The smallest absolute Gasteiger partial charge is 0.344 e. The van der Waals surface area contributed by atoms with Gasteiger partial charge in [0.05, 0.1) is 20.8 Å². The minimum Gasteiger partial charge on any atom is -0.497 e. The van der Waals surface area contributed by atoms with Gasteiger partial charge in [-0.2, -0.15) is 0 Å². The highest BCUT2D eigenvalue weighted by atomic mass is 16.5. The fourth-order valence-electron chi connectivity index (χ4n) is 1.96. The van der Waals surface area contributed by atoms with Gasteiger partial charge in [0.2, 0.25) is 0 Å². The predicted octanol–water partition coefficient (Wildman–Crippen LogP) is 2.84. The maximum Gasteiger partial charge on any atom is 0.344 e. The van der Waals surface area contributed by atoms with Gasteiger partial charge in [0.1, 0.15) is 28.5 Å². The molecule has 0 radical (unpaired) electrons. The fraction of sp³-hybridized carbons (Fsp3) is 0.333. The molecule has 0 aliphatic carbocycles. The first-order valence-electron chi connectivity index (χ1n) is 6.47. The normalized spacial score (nSPS) is 10.3. The molecule has 0 atom stereocenters. The van der Waals surface area contributed by atoms with Crippen LogP contribution in [0.3, 0.4) is 0 Å². The number of carbonyl (C=O) groups excluding carboxylic acids is 1. The van der Waals surface area contributed by atoms with Gasteiger partial charge < -0.3 is 18.7 Å². The molecule has 0 bridgehead atoms. The Bertz CT molecular complexity index is 625. The summed E-state index contributed by atoms with van der Waals surface area (Å²) in [5.41, 5.74) is 1.38. The lowest BCUT2D eigenvalue weighted by molar-refractivity contribution is 0.0525. The third-order valence-corrected chi connectivity index (χ3v) is 2.97. The van der Waals surface area contributed by atoms with Crippen molar-refractivity contribution in [1.82, 2.24) is 5.16 Å². The number of rotatable bonds is 5. The van der Waals surface area contributed by atoms with Crippen molar-refractivity contribution in [2.24, 2.45) is 0 Å². The lowest BCUT2D eigenvalue weighted by Gasteiger charge is -2.08. The van der Waals surface area contributed by atoms with Gasteiger partial charge in [-0.05, 0) is 26.0 Å². The van der Waals surface area contributed by atoms with Crippen molar-refractivity contribution in [2.75, 3.05) is 20.8 Å². The van der Waals surface area contributed by atoms with Crippen molar-refractivity contribution in [3.8, 4) is 22.8 Å². The van der Waals surface area contributed by atoms with Gasteiger partial charge in [0.15, 0.2) is 0 Å². The summed E-state index contributed by atoms with van der Waals surface area (Å²) < 4.78 is 20.6. The number of benzene rings is 1. The predicted molar refractivity (Wildman–Crippen MR) is 75.7 cm³/mol. The van der Waals surface area contributed by atoms with E-state index >= 15 is 0 Å². The second-order valence-electron chi connectivity index (χ2n) is 4.28. The van der Waals surface area contributed by atoms with Gasteiger partial charge in [-0.3, -0.25) is 0 Å². The minimum absolute atomic E-state index is 0.282. The summed E-state index contributed by atoms with van der Waals surface area (Å²) in [6.45, 7) is 3.69. The molecule has 0 N–H and O–H groups in total. The summed E-state index contributed by atoms with van der Waals surface area (Å²) in [7, 11) is 3.11. The first-order chi connectivity index (χ1) is 10.1. The second kappa shape index (κ2) is 6.30. The standard InChI is InChI=1S/C15H17NO5/c1-5-20-15(17)13-9(2)21-16-14(13)10-6-11(18-3)8-12(7-10)19-4/h6-8H,5H2,1-4H3. The van der Waals surface area contributed by atoms with E-state index in [1.165, 1.54) is 0 Å². The Balaban J connectivity index is 2.54. The van der Waals surface area contributed by atoms with Crippen LogP contribution in [-0.2, 0) is 4.74 Å². The van der Waals surface area contributed by atoms with E-state index < -0.39 is 5.97 Å². The number of hydrogen-bond acceptors (Lipinski definition) is 6. The zero-order chi connectivity index (χ0) is 15.4. The molecule has 1 heterocycles. The van der Waals surface area contributed by atoms with Gasteiger partial charge in [0.25, 0.3) is 0 Å². The Labute approximate surface area is 122 Å². The Morgan fingerprint density at radius 2 is 1.81 bits per heavy atom. The van der Waals surface area contributed by atoms with E-state index in [0.717, 1.165) is 0 Å². The maximum atomic E-state index is 12.0. The first-order valence-corrected chi connectivity index (χ1v) is 6.47. The molecular formula is C15H17NO5. The van der Waals surface area contributed by atoms with Gasteiger partial charge in [-0.25, -0.2) is 4.79 Å². The van der Waals surface area contributed by atoms with Crippen molar-refractivity contribution < 1.29 is 23.5 Å². The third-order valence-electron chi connectivity index (χ3n) is 2.97. The Kier molecular flexibility index (Phi) is 4.47. The van der Waals surface area contributed by atoms with Crippen LogP contribution < -0.4 is 9.47 Å². The van der Waals surface area contributed by atoms with Crippen molar-refractivity contribution in [3.05, 3.63) is 29.5 Å². The monoisotopic (exact) mass is 291 g/mol. The zero-order valence-electron chi connectivity index (χ0n) is 12.4. The molecule has 1 aromatic carbocycles. The molecule has 0 fully saturated rings. The lowest BCUT2D eigenvalue weighted by atomic mass is 10.1. The van der Waals surface area contributed by atoms with Crippen LogP contribution in [0, 0.1) is 6.92 Å². The van der Waals surface area contributed by atoms with E-state index in [4.69, 9.17) is 18.7 Å². The number of nitrogens with zero attached hydrogens (tertiary/aromatic N) is 1. The van der Waals surface area contributed by atoms with E-state index in [1.54, 1.807) is 46.3 Å². The lowest BCUT2D eigenvalue weighted by Crippen LogP contribution is -2.06. The highest BCUT2D eigenvalue weighted by molar-refractivity contribution is 5.97. The summed E-state index contributed by atoms with van der Waals surface area (Å²) in [4.78, 5) is 12.0. The Hall–Kier alpha value is -2.50. The van der Waals surface area contributed by atoms with E-state index in [-0.39, 0.29) is 6.61 Å². The summed E-state index contributed by atoms with van der Waals surface area (Å²) >= 11 is 0. The second-order valence-corrected chi connectivity index (χ2v) is 4.28. The number of ether oxygens (including phenoxy) is 3. The fourth-order valence-corrected chi connectivity index (χ4v) is 1.96. The summed E-state index contributed by atoms with van der Waals surface area (Å²) in [6.07, 6.45) is 0. The maximum absolute atomic E-state index is 12.0. The van der Waals surface area contributed by atoms with Gasteiger partial charge in [0, 0.05) is 11.6 Å². The number of hydrogen-bond donors (Lipinski definition) is 0. The van der Waals surface area contributed by atoms with Crippen LogP contribution in [0.1, 0.15) is 23.0 Å². The number of carbonyl (C=O) groups is 1. The molecule has 0 saturated carbocycles. The largest absolute Gasteiger partial charge is 0.497 e. The summed E-state index contributed by atoms with van der Waals surface area (Å²) in [6, 6.07) is 5.24. The van der Waals surface area contributed by atoms with E-state index in [9.17, 15) is 4.79 Å². The van der Waals surface area contributed by atoms with Crippen LogP contribution >= 0.6 is 0 Å². The topological polar surface area (TPSA) is 70.8 Å². The van der Waals surface area contributed by atoms with Crippen molar-refractivity contribution in [3.63, 3.8) is 0 Å². The molecule has 0 amide bonds. The molecule has 1 aromatic heterocycles. The Morgan fingerprint density at radius 3 is 2.33 bits per heavy atom. The van der Waals surface area contributed by atoms with Gasteiger partial charge >= 0.3 is 5.97 Å². The molecule has 6 heteroatoms. The zero-order valence-corrected chi connectivity index (χ0v) is 12.4. The molecule has 0 aliphatic heterocycles. The molecule has 2 aromatic rings. The quantitative estimate of drug-likeness (QED) is 0.789. The van der Waals surface area contributed by atoms with E-state index in [2.05, 4.69) is 5.16 Å². The van der Waals surface area contributed by atoms with E-state index in [0.29, 0.717) is 34.1 Å². The SMILES string of the molecule is CCOC(=O)c1c(-c2cc(OC)cc(OC)c2)noc1C. The highest BCUT2D eigenvalue weighted by Gasteiger charge is 2.23. The molecule has 112 valence electrons. The van der Waals surface area contributed by atoms with Gasteiger partial charge in [-0.15, -0.1) is 0 Å². The van der Waals surface area contributed by atoms with Crippen molar-refractivity contribution in [1.29, 1.82) is 0 Å². The molecule has 0 spiro atoms. The van der Waals surface area contributed by atoms with Crippen LogP contribution in [0.15, 0.2) is 22.7 Å². The average Bonchev–Trinajstić information content (AvgIpc) is 2.88. The molecule has 0 saturated heterocycles. The molecule has 21 heavy (non-hydrogen) atoms. The number of methoxy groups -OCH3 is 2. The number of aromatic nitrogens is 1. The molecule has 2 rings (SSSR count). The van der Waals surface area contributed by atoms with Crippen LogP contribution in [-0.4, -0.2) is 32.0 Å². The van der Waals surface area contributed by atoms with Crippen LogP contribution in [0.4, 0.5) is 0 Å². The Morgan fingerprint density at radius 1 is 1.19 bits per heavy atom. The first kappa shape index (κ1) is 14.9. The van der Waals surface area contributed by atoms with Crippen LogP contribution in [0.2, 0.25) is 0 Å². The van der Waals surface area contributed by atoms with Crippen LogP contribution in [0.25, 0.3) is 11.3 Å². The van der Waals surface area contributed by atoms with Crippen molar-refractivity contribution >= 4 is 5.97 Å².